The highest BCUT2D eigenvalue weighted by Gasteiger charge is 2.52. The predicted octanol–water partition coefficient (Wildman–Crippen LogP) is 2.99. The van der Waals surface area contributed by atoms with Gasteiger partial charge in [0.2, 0.25) is 5.91 Å². The molecule has 0 bridgehead atoms. The van der Waals surface area contributed by atoms with Gasteiger partial charge in [0.25, 0.3) is 5.91 Å². The van der Waals surface area contributed by atoms with E-state index in [0.29, 0.717) is 31.5 Å². The molecule has 6 nitrogen and oxygen atoms in total. The van der Waals surface area contributed by atoms with E-state index in [1.807, 2.05) is 42.2 Å². The maximum atomic E-state index is 14.3. The van der Waals surface area contributed by atoms with Crippen molar-refractivity contribution < 1.29 is 18.8 Å². The molecule has 2 aromatic carbocycles. The van der Waals surface area contributed by atoms with E-state index in [9.17, 15) is 18.8 Å². The summed E-state index contributed by atoms with van der Waals surface area (Å²) in [6.45, 7) is 2.87. The lowest BCUT2D eigenvalue weighted by Gasteiger charge is -2.41. The van der Waals surface area contributed by atoms with Crippen LogP contribution in [0.4, 0.5) is 9.18 Å². The van der Waals surface area contributed by atoms with Gasteiger partial charge in [0.1, 0.15) is 11.4 Å². The molecule has 4 amide bonds. The fourth-order valence-corrected chi connectivity index (χ4v) is 4.75. The van der Waals surface area contributed by atoms with E-state index in [1.54, 1.807) is 18.2 Å². The molecule has 2 fully saturated rings. The first-order valence-electron chi connectivity index (χ1n) is 10.6. The normalized spacial score (nSPS) is 22.7. The van der Waals surface area contributed by atoms with Crippen LogP contribution in [0.3, 0.4) is 0 Å². The standard InChI is InChI=1S/C24H26FN3O3/c1-16(17-7-3-2-4-8-17)21(29)28-13-11-19(12-14-28)24(22(30)26-23(31)27-24)15-18-9-5-6-10-20(18)25/h2-10,16,19H,11-15H2,1H3,(H2,26,27,30,31)/t16-,24+/m1/s1. The molecule has 2 aromatic rings. The van der Waals surface area contributed by atoms with Crippen LogP contribution in [0.2, 0.25) is 0 Å². The van der Waals surface area contributed by atoms with Crippen molar-refractivity contribution >= 4 is 17.8 Å². The lowest BCUT2D eigenvalue weighted by Crippen LogP contribution is -2.58. The van der Waals surface area contributed by atoms with Crippen LogP contribution >= 0.6 is 0 Å². The van der Waals surface area contributed by atoms with Crippen molar-refractivity contribution in [2.75, 3.05) is 13.1 Å². The summed E-state index contributed by atoms with van der Waals surface area (Å²) in [5.74, 6) is -1.23. The maximum Gasteiger partial charge on any atom is 0.322 e. The van der Waals surface area contributed by atoms with Crippen LogP contribution in [0.1, 0.15) is 36.8 Å². The van der Waals surface area contributed by atoms with Gasteiger partial charge >= 0.3 is 6.03 Å². The molecule has 0 aromatic heterocycles. The zero-order valence-electron chi connectivity index (χ0n) is 17.4. The lowest BCUT2D eigenvalue weighted by molar-refractivity contribution is -0.135. The van der Waals surface area contributed by atoms with E-state index in [1.165, 1.54) is 6.07 Å². The third kappa shape index (κ3) is 4.04. The fraction of sp³-hybridized carbons (Fsp3) is 0.375. The SMILES string of the molecule is C[C@@H](C(=O)N1CCC([C@]2(Cc3ccccc3F)NC(=O)NC2=O)CC1)c1ccccc1. The van der Waals surface area contributed by atoms with E-state index < -0.39 is 23.3 Å². The Morgan fingerprint density at radius 1 is 1.10 bits per heavy atom. The number of halogens is 1. The van der Waals surface area contributed by atoms with E-state index >= 15 is 0 Å². The monoisotopic (exact) mass is 423 g/mol. The first-order chi connectivity index (χ1) is 14.9. The molecule has 162 valence electrons. The zero-order chi connectivity index (χ0) is 22.0. The number of nitrogens with zero attached hydrogens (tertiary/aromatic N) is 1. The van der Waals surface area contributed by atoms with Crippen molar-refractivity contribution in [1.82, 2.24) is 15.5 Å². The molecule has 2 atom stereocenters. The van der Waals surface area contributed by atoms with Crippen molar-refractivity contribution in [2.24, 2.45) is 5.92 Å². The Balaban J connectivity index is 1.49. The number of urea groups is 1. The summed E-state index contributed by atoms with van der Waals surface area (Å²) in [5.41, 5.74) is 0.142. The molecule has 31 heavy (non-hydrogen) atoms. The van der Waals surface area contributed by atoms with Crippen molar-refractivity contribution in [3.8, 4) is 0 Å². The Labute approximate surface area is 180 Å². The molecule has 2 aliphatic heterocycles. The van der Waals surface area contributed by atoms with Gasteiger partial charge in [-0.1, -0.05) is 48.5 Å². The minimum atomic E-state index is -1.21. The van der Waals surface area contributed by atoms with Gasteiger partial charge in [0, 0.05) is 19.5 Å². The largest absolute Gasteiger partial charge is 0.342 e. The average molecular weight is 423 g/mol. The zero-order valence-corrected chi connectivity index (χ0v) is 17.4. The number of carbonyl (C=O) groups excluding carboxylic acids is 3. The van der Waals surface area contributed by atoms with Gasteiger partial charge in [0.15, 0.2) is 0 Å². The van der Waals surface area contributed by atoms with Crippen LogP contribution in [0, 0.1) is 11.7 Å². The molecule has 0 unspecified atom stereocenters. The number of rotatable bonds is 5. The lowest BCUT2D eigenvalue weighted by atomic mass is 9.74. The third-order valence-corrected chi connectivity index (χ3v) is 6.57. The number of nitrogens with one attached hydrogen (secondary N) is 2. The van der Waals surface area contributed by atoms with Gasteiger partial charge in [-0.15, -0.1) is 0 Å². The van der Waals surface area contributed by atoms with E-state index in [4.69, 9.17) is 0 Å². The molecular weight excluding hydrogens is 397 g/mol. The predicted molar refractivity (Wildman–Crippen MR) is 114 cm³/mol. The van der Waals surface area contributed by atoms with Gasteiger partial charge < -0.3 is 10.2 Å². The minimum absolute atomic E-state index is 0.0488. The van der Waals surface area contributed by atoms with Crippen molar-refractivity contribution in [1.29, 1.82) is 0 Å². The maximum absolute atomic E-state index is 14.3. The molecule has 2 heterocycles. The minimum Gasteiger partial charge on any atom is -0.342 e. The molecule has 0 radical (unpaired) electrons. The van der Waals surface area contributed by atoms with Crippen LogP contribution in [-0.2, 0) is 16.0 Å². The summed E-state index contributed by atoms with van der Waals surface area (Å²) >= 11 is 0. The van der Waals surface area contributed by atoms with Crippen LogP contribution < -0.4 is 10.6 Å². The van der Waals surface area contributed by atoms with Gasteiger partial charge in [0.05, 0.1) is 5.92 Å². The number of piperidine rings is 1. The Bertz CT molecular complexity index is 989. The van der Waals surface area contributed by atoms with Crippen molar-refractivity contribution in [3.63, 3.8) is 0 Å². The number of amides is 4. The summed E-state index contributed by atoms with van der Waals surface area (Å²) < 4.78 is 14.3. The molecule has 0 aliphatic carbocycles. The molecule has 0 spiro atoms. The summed E-state index contributed by atoms with van der Waals surface area (Å²) in [6, 6.07) is 15.4. The van der Waals surface area contributed by atoms with Crippen LogP contribution in [0.25, 0.3) is 0 Å². The third-order valence-electron chi connectivity index (χ3n) is 6.57. The van der Waals surface area contributed by atoms with Gasteiger partial charge in [-0.25, -0.2) is 9.18 Å². The second kappa shape index (κ2) is 8.49. The molecule has 2 saturated heterocycles. The van der Waals surface area contributed by atoms with Crippen LogP contribution in [-0.4, -0.2) is 41.4 Å². The van der Waals surface area contributed by atoms with E-state index in [2.05, 4.69) is 10.6 Å². The van der Waals surface area contributed by atoms with Crippen molar-refractivity contribution in [3.05, 3.63) is 71.5 Å². The first-order valence-corrected chi connectivity index (χ1v) is 10.6. The fourth-order valence-electron chi connectivity index (χ4n) is 4.75. The highest BCUT2D eigenvalue weighted by atomic mass is 19.1. The van der Waals surface area contributed by atoms with E-state index in [0.717, 1.165) is 5.56 Å². The number of likely N-dealkylation sites (tertiary alicyclic amines) is 1. The van der Waals surface area contributed by atoms with Gasteiger partial charge in [-0.2, -0.15) is 0 Å². The van der Waals surface area contributed by atoms with E-state index in [-0.39, 0.29) is 24.2 Å². The summed E-state index contributed by atoms with van der Waals surface area (Å²) in [4.78, 5) is 39.6. The molecule has 4 rings (SSSR count). The number of hydrogen-bond acceptors (Lipinski definition) is 3. The second-order valence-electron chi connectivity index (χ2n) is 8.38. The highest BCUT2D eigenvalue weighted by Crippen LogP contribution is 2.35. The molecular formula is C24H26FN3O3. The topological polar surface area (TPSA) is 78.5 Å². The Kier molecular flexibility index (Phi) is 5.76. The molecule has 0 saturated carbocycles. The Hall–Kier alpha value is -3.22. The first kappa shape index (κ1) is 21.0. The second-order valence-corrected chi connectivity index (χ2v) is 8.38. The summed E-state index contributed by atoms with van der Waals surface area (Å²) in [5, 5.41) is 5.11. The highest BCUT2D eigenvalue weighted by molar-refractivity contribution is 6.07. The Morgan fingerprint density at radius 3 is 2.35 bits per heavy atom. The molecule has 2 N–H and O–H groups in total. The number of benzene rings is 2. The van der Waals surface area contributed by atoms with Gasteiger partial charge in [-0.05, 0) is 42.9 Å². The summed E-state index contributed by atoms with van der Waals surface area (Å²) in [6.07, 6.45) is 1.18. The number of imide groups is 1. The summed E-state index contributed by atoms with van der Waals surface area (Å²) in [7, 11) is 0. The molecule has 7 heteroatoms. The quantitative estimate of drug-likeness (QED) is 0.726. The van der Waals surface area contributed by atoms with Crippen LogP contribution in [0.5, 0.6) is 0 Å². The number of carbonyl (C=O) groups is 3. The molecule has 2 aliphatic rings. The van der Waals surface area contributed by atoms with Gasteiger partial charge in [-0.3, -0.25) is 14.9 Å². The van der Waals surface area contributed by atoms with Crippen molar-refractivity contribution in [2.45, 2.75) is 37.6 Å². The van der Waals surface area contributed by atoms with Crippen LogP contribution in [0.15, 0.2) is 54.6 Å². The smallest absolute Gasteiger partial charge is 0.322 e. The Morgan fingerprint density at radius 2 is 1.74 bits per heavy atom. The number of hydrogen-bond donors (Lipinski definition) is 2. The average Bonchev–Trinajstić information content (AvgIpc) is 3.08.